The monoisotopic (exact) mass is 236 g/mol. The van der Waals surface area contributed by atoms with Gasteiger partial charge >= 0.3 is 5.97 Å². The summed E-state index contributed by atoms with van der Waals surface area (Å²) in [6.07, 6.45) is 3.47. The molecule has 5 heteroatoms. The van der Waals surface area contributed by atoms with Gasteiger partial charge in [-0.2, -0.15) is 0 Å². The molecular formula is C12H16N2O3. The molecule has 0 aromatic carbocycles. The standard InChI is InChI=1S/C12H16N2O3/c1-12(5-2-6-17-12)8-14-10-4-3-9(7-13-10)11(15)16/h3-4,7H,2,5-6,8H2,1H3,(H,13,14)(H,15,16). The van der Waals surface area contributed by atoms with Crippen molar-refractivity contribution in [1.82, 2.24) is 4.98 Å². The first kappa shape index (κ1) is 11.9. The molecule has 1 aromatic heterocycles. The van der Waals surface area contributed by atoms with Gasteiger partial charge in [0.2, 0.25) is 0 Å². The number of nitrogens with zero attached hydrogens (tertiary/aromatic N) is 1. The number of carboxylic acids is 1. The summed E-state index contributed by atoms with van der Waals surface area (Å²) in [7, 11) is 0. The van der Waals surface area contributed by atoms with Gasteiger partial charge in [0, 0.05) is 19.3 Å². The lowest BCUT2D eigenvalue weighted by Gasteiger charge is -2.23. The topological polar surface area (TPSA) is 71.5 Å². The first-order valence-electron chi connectivity index (χ1n) is 5.66. The van der Waals surface area contributed by atoms with E-state index in [2.05, 4.69) is 17.2 Å². The highest BCUT2D eigenvalue weighted by Gasteiger charge is 2.29. The van der Waals surface area contributed by atoms with E-state index in [9.17, 15) is 4.79 Å². The van der Waals surface area contributed by atoms with Gasteiger partial charge in [-0.3, -0.25) is 0 Å². The maximum absolute atomic E-state index is 10.6. The van der Waals surface area contributed by atoms with E-state index in [4.69, 9.17) is 9.84 Å². The van der Waals surface area contributed by atoms with Crippen LogP contribution in [0.2, 0.25) is 0 Å². The van der Waals surface area contributed by atoms with Crippen molar-refractivity contribution < 1.29 is 14.6 Å². The average Bonchev–Trinajstić information content (AvgIpc) is 2.75. The fraction of sp³-hybridized carbons (Fsp3) is 0.500. The van der Waals surface area contributed by atoms with Crippen molar-refractivity contribution in [3.63, 3.8) is 0 Å². The minimum Gasteiger partial charge on any atom is -0.478 e. The summed E-state index contributed by atoms with van der Waals surface area (Å²) in [6.45, 7) is 3.56. The molecule has 2 heterocycles. The number of carbonyl (C=O) groups is 1. The third kappa shape index (κ3) is 2.94. The van der Waals surface area contributed by atoms with Crippen LogP contribution in [0.25, 0.3) is 0 Å². The van der Waals surface area contributed by atoms with E-state index in [1.165, 1.54) is 12.3 Å². The molecule has 0 bridgehead atoms. The first-order chi connectivity index (χ1) is 8.09. The maximum Gasteiger partial charge on any atom is 0.337 e. The summed E-state index contributed by atoms with van der Waals surface area (Å²) in [5, 5.41) is 11.9. The Hall–Kier alpha value is -1.62. The molecule has 0 aliphatic carbocycles. The zero-order chi connectivity index (χ0) is 12.3. The summed E-state index contributed by atoms with van der Waals surface area (Å²) in [5.41, 5.74) is 0.0616. The Morgan fingerprint density at radius 2 is 2.47 bits per heavy atom. The fourth-order valence-electron chi connectivity index (χ4n) is 1.88. The van der Waals surface area contributed by atoms with Crippen LogP contribution in [0.1, 0.15) is 30.1 Å². The van der Waals surface area contributed by atoms with Gasteiger partial charge in [-0.05, 0) is 31.9 Å². The highest BCUT2D eigenvalue weighted by molar-refractivity contribution is 5.87. The number of rotatable bonds is 4. The highest BCUT2D eigenvalue weighted by atomic mass is 16.5. The average molecular weight is 236 g/mol. The molecule has 1 aromatic rings. The highest BCUT2D eigenvalue weighted by Crippen LogP contribution is 2.25. The Labute approximate surface area is 99.8 Å². The van der Waals surface area contributed by atoms with Crippen LogP contribution >= 0.6 is 0 Å². The van der Waals surface area contributed by atoms with Gasteiger partial charge in [-0.15, -0.1) is 0 Å². The van der Waals surface area contributed by atoms with Gasteiger partial charge in [0.1, 0.15) is 5.82 Å². The quantitative estimate of drug-likeness (QED) is 0.833. The molecule has 2 N–H and O–H groups in total. The zero-order valence-electron chi connectivity index (χ0n) is 9.77. The Bertz CT molecular complexity index is 397. The molecule has 92 valence electrons. The van der Waals surface area contributed by atoms with E-state index in [-0.39, 0.29) is 11.2 Å². The van der Waals surface area contributed by atoms with Crippen LogP contribution < -0.4 is 5.32 Å². The van der Waals surface area contributed by atoms with E-state index in [0.717, 1.165) is 19.4 Å². The lowest BCUT2D eigenvalue weighted by atomic mass is 10.0. The number of aromatic carboxylic acids is 1. The molecule has 1 aliphatic rings. The normalized spacial score (nSPS) is 23.6. The molecule has 1 unspecified atom stereocenters. The van der Waals surface area contributed by atoms with Gasteiger partial charge in [-0.25, -0.2) is 9.78 Å². The molecule has 1 fully saturated rings. The SMILES string of the molecule is CC1(CNc2ccc(C(=O)O)cn2)CCCO1. The van der Waals surface area contributed by atoms with Crippen LogP contribution in [0.5, 0.6) is 0 Å². The second-order valence-electron chi connectivity index (χ2n) is 4.49. The van der Waals surface area contributed by atoms with Crippen LogP contribution in [-0.4, -0.2) is 34.8 Å². The minimum atomic E-state index is -0.963. The molecule has 2 rings (SSSR count). The van der Waals surface area contributed by atoms with Crippen LogP contribution in [0.4, 0.5) is 5.82 Å². The number of anilines is 1. The van der Waals surface area contributed by atoms with Crippen LogP contribution in [0.15, 0.2) is 18.3 Å². The van der Waals surface area contributed by atoms with E-state index in [1.807, 2.05) is 0 Å². The lowest BCUT2D eigenvalue weighted by Crippen LogP contribution is -2.32. The van der Waals surface area contributed by atoms with Gasteiger partial charge in [0.15, 0.2) is 0 Å². The Morgan fingerprint density at radius 1 is 1.65 bits per heavy atom. The first-order valence-corrected chi connectivity index (χ1v) is 5.66. The number of pyridine rings is 1. The van der Waals surface area contributed by atoms with Crippen LogP contribution in [0.3, 0.4) is 0 Å². The number of aromatic nitrogens is 1. The second kappa shape index (κ2) is 4.71. The molecule has 1 atom stereocenters. The number of hydrogen-bond acceptors (Lipinski definition) is 4. The van der Waals surface area contributed by atoms with Crippen molar-refractivity contribution in [2.75, 3.05) is 18.5 Å². The molecule has 0 spiro atoms. The molecule has 0 saturated carbocycles. The third-order valence-corrected chi connectivity index (χ3v) is 2.95. The van der Waals surface area contributed by atoms with Gasteiger partial charge in [0.25, 0.3) is 0 Å². The predicted octanol–water partition coefficient (Wildman–Crippen LogP) is 1.76. The van der Waals surface area contributed by atoms with Gasteiger partial charge < -0.3 is 15.2 Å². The Morgan fingerprint density at radius 3 is 3.00 bits per heavy atom. The molecule has 1 aliphatic heterocycles. The largest absolute Gasteiger partial charge is 0.478 e. The molecule has 5 nitrogen and oxygen atoms in total. The van der Waals surface area contributed by atoms with Gasteiger partial charge in [-0.1, -0.05) is 0 Å². The summed E-state index contributed by atoms with van der Waals surface area (Å²) in [6, 6.07) is 3.21. The maximum atomic E-state index is 10.6. The Kier molecular flexibility index (Phi) is 3.28. The third-order valence-electron chi connectivity index (χ3n) is 2.95. The zero-order valence-corrected chi connectivity index (χ0v) is 9.77. The summed E-state index contributed by atoms with van der Waals surface area (Å²) >= 11 is 0. The van der Waals surface area contributed by atoms with Crippen molar-refractivity contribution in [3.05, 3.63) is 23.9 Å². The van der Waals surface area contributed by atoms with Crippen LogP contribution in [-0.2, 0) is 4.74 Å². The second-order valence-corrected chi connectivity index (χ2v) is 4.49. The van der Waals surface area contributed by atoms with Crippen molar-refractivity contribution in [2.45, 2.75) is 25.4 Å². The number of ether oxygens (including phenoxy) is 1. The van der Waals surface area contributed by atoms with Crippen molar-refractivity contribution >= 4 is 11.8 Å². The van der Waals surface area contributed by atoms with E-state index in [1.54, 1.807) is 6.07 Å². The number of nitrogens with one attached hydrogen (secondary N) is 1. The summed E-state index contributed by atoms with van der Waals surface area (Å²) in [5.74, 6) is -0.290. The van der Waals surface area contributed by atoms with Crippen molar-refractivity contribution in [3.8, 4) is 0 Å². The molecule has 0 radical (unpaired) electrons. The van der Waals surface area contributed by atoms with E-state index >= 15 is 0 Å². The van der Waals surface area contributed by atoms with Crippen molar-refractivity contribution in [1.29, 1.82) is 0 Å². The predicted molar refractivity (Wildman–Crippen MR) is 63.3 cm³/mol. The number of carboxylic acid groups (broad SMARTS) is 1. The summed E-state index contributed by atoms with van der Waals surface area (Å²) in [4.78, 5) is 14.7. The summed E-state index contributed by atoms with van der Waals surface area (Å²) < 4.78 is 5.64. The van der Waals surface area contributed by atoms with Crippen molar-refractivity contribution in [2.24, 2.45) is 0 Å². The van der Waals surface area contributed by atoms with Gasteiger partial charge in [0.05, 0.1) is 11.2 Å². The molecule has 1 saturated heterocycles. The Balaban J connectivity index is 1.93. The van der Waals surface area contributed by atoms with Crippen LogP contribution in [0, 0.1) is 0 Å². The molecule has 0 amide bonds. The number of hydrogen-bond donors (Lipinski definition) is 2. The lowest BCUT2D eigenvalue weighted by molar-refractivity contribution is 0.0314. The smallest absolute Gasteiger partial charge is 0.337 e. The molecule has 17 heavy (non-hydrogen) atoms. The minimum absolute atomic E-state index is 0.132. The van der Waals surface area contributed by atoms with E-state index in [0.29, 0.717) is 12.4 Å². The molecular weight excluding hydrogens is 220 g/mol. The van der Waals surface area contributed by atoms with E-state index < -0.39 is 5.97 Å². The fourth-order valence-corrected chi connectivity index (χ4v) is 1.88.